The second-order valence-electron chi connectivity index (χ2n) is 18.7. The predicted octanol–water partition coefficient (Wildman–Crippen LogP) is 17.3. The average molecular weight is 885 g/mol. The highest BCUT2D eigenvalue weighted by atomic mass is 16.6. The van der Waals surface area contributed by atoms with Crippen molar-refractivity contribution in [3.8, 4) is 0 Å². The third-order valence-corrected chi connectivity index (χ3v) is 12.4. The Labute approximate surface area is 391 Å². The van der Waals surface area contributed by atoms with Crippen LogP contribution in [0.4, 0.5) is 0 Å². The fraction of sp³-hybridized carbons (Fsp3) is 0.842. The van der Waals surface area contributed by atoms with Crippen LogP contribution in [0.25, 0.3) is 0 Å². The van der Waals surface area contributed by atoms with Crippen molar-refractivity contribution in [2.24, 2.45) is 5.92 Å². The van der Waals surface area contributed by atoms with Gasteiger partial charge in [0.25, 0.3) is 0 Å². The lowest BCUT2D eigenvalue weighted by molar-refractivity contribution is -0.161. The average Bonchev–Trinajstić information content (AvgIpc) is 3.28. The van der Waals surface area contributed by atoms with Crippen LogP contribution in [0.15, 0.2) is 36.5 Å². The molecule has 0 rings (SSSR count). The van der Waals surface area contributed by atoms with Gasteiger partial charge in [-0.15, -0.1) is 0 Å². The van der Waals surface area contributed by atoms with E-state index in [2.05, 4.69) is 57.2 Å². The first-order chi connectivity index (χ1) is 31.0. The molecule has 0 radical (unpaired) electrons. The normalized spacial score (nSPS) is 12.8. The van der Waals surface area contributed by atoms with Gasteiger partial charge in [-0.05, 0) is 89.9 Å². The predicted molar refractivity (Wildman–Crippen MR) is 270 cm³/mol. The number of ketones is 1. The van der Waals surface area contributed by atoms with Gasteiger partial charge in [-0.1, -0.05) is 211 Å². The molecule has 6 heteroatoms. The van der Waals surface area contributed by atoms with E-state index in [-0.39, 0.29) is 31.1 Å². The van der Waals surface area contributed by atoms with Crippen LogP contribution in [0.1, 0.15) is 284 Å². The Kier molecular flexibility index (Phi) is 49.0. The minimum absolute atomic E-state index is 0.00170. The summed E-state index contributed by atoms with van der Waals surface area (Å²) in [5.74, 6) is -0.277. The fourth-order valence-electron chi connectivity index (χ4n) is 8.18. The van der Waals surface area contributed by atoms with Crippen LogP contribution in [0.5, 0.6) is 0 Å². The summed E-state index contributed by atoms with van der Waals surface area (Å²) >= 11 is 0. The summed E-state index contributed by atoms with van der Waals surface area (Å²) in [6.45, 7) is 6.31. The van der Waals surface area contributed by atoms with Crippen LogP contribution in [0, 0.1) is 5.92 Å². The van der Waals surface area contributed by atoms with E-state index in [9.17, 15) is 19.5 Å². The lowest BCUT2D eigenvalue weighted by Crippen LogP contribution is -2.28. The minimum atomic E-state index is -0.819. The zero-order valence-electron chi connectivity index (χ0n) is 42.0. The zero-order valence-corrected chi connectivity index (χ0v) is 42.0. The summed E-state index contributed by atoms with van der Waals surface area (Å²) in [7, 11) is 0. The molecule has 0 fully saturated rings. The molecule has 0 aromatic heterocycles. The Hall–Kier alpha value is -2.21. The number of carbonyl (C=O) groups excluding carboxylic acids is 3. The van der Waals surface area contributed by atoms with Crippen molar-refractivity contribution in [2.45, 2.75) is 290 Å². The molecule has 368 valence electrons. The maximum atomic E-state index is 13.3. The van der Waals surface area contributed by atoms with Crippen molar-refractivity contribution in [3.63, 3.8) is 0 Å². The number of aliphatic hydroxyl groups excluding tert-OH is 1. The highest BCUT2D eigenvalue weighted by Gasteiger charge is 2.17. The summed E-state index contributed by atoms with van der Waals surface area (Å²) < 4.78 is 10.8. The summed E-state index contributed by atoms with van der Waals surface area (Å²) in [5.41, 5.74) is 0. The molecule has 0 aliphatic carbocycles. The molecule has 63 heavy (non-hydrogen) atoms. The van der Waals surface area contributed by atoms with Crippen molar-refractivity contribution < 1.29 is 29.0 Å². The zero-order chi connectivity index (χ0) is 45.9. The number of aliphatic hydroxyl groups is 1. The Morgan fingerprint density at radius 2 is 0.762 bits per heavy atom. The summed E-state index contributed by atoms with van der Waals surface area (Å²) in [5, 5.41) is 9.71. The molecule has 0 aliphatic heterocycles. The van der Waals surface area contributed by atoms with Crippen LogP contribution in [-0.4, -0.2) is 42.1 Å². The van der Waals surface area contributed by atoms with Gasteiger partial charge in [0.05, 0.1) is 6.61 Å². The highest BCUT2D eigenvalue weighted by Crippen LogP contribution is 2.20. The van der Waals surface area contributed by atoms with E-state index in [1.807, 2.05) is 0 Å². The number of hydrogen-bond acceptors (Lipinski definition) is 6. The van der Waals surface area contributed by atoms with Gasteiger partial charge in [0.1, 0.15) is 12.4 Å². The van der Waals surface area contributed by atoms with Gasteiger partial charge >= 0.3 is 11.9 Å². The van der Waals surface area contributed by atoms with Crippen LogP contribution in [-0.2, 0) is 23.9 Å². The van der Waals surface area contributed by atoms with Crippen LogP contribution in [0.3, 0.4) is 0 Å². The Morgan fingerprint density at radius 3 is 1.19 bits per heavy atom. The van der Waals surface area contributed by atoms with Gasteiger partial charge in [-0.2, -0.15) is 0 Å². The van der Waals surface area contributed by atoms with E-state index in [1.165, 1.54) is 167 Å². The molecular weight excluding hydrogens is 781 g/mol. The van der Waals surface area contributed by atoms with Crippen molar-refractivity contribution in [3.05, 3.63) is 36.5 Å². The van der Waals surface area contributed by atoms with Gasteiger partial charge in [-0.3, -0.25) is 14.4 Å². The largest absolute Gasteiger partial charge is 0.462 e. The van der Waals surface area contributed by atoms with E-state index in [0.29, 0.717) is 25.0 Å². The molecule has 2 atom stereocenters. The number of ether oxygens (including phenoxy) is 2. The molecule has 0 aromatic rings. The number of Topliss-reactive ketones (excluding diaryl/α,β-unsaturated/α-hetero) is 1. The van der Waals surface area contributed by atoms with Crippen molar-refractivity contribution >= 4 is 17.7 Å². The molecule has 2 unspecified atom stereocenters. The molecule has 0 heterocycles. The smallest absolute Gasteiger partial charge is 0.306 e. The summed E-state index contributed by atoms with van der Waals surface area (Å²) in [4.78, 5) is 38.1. The van der Waals surface area contributed by atoms with E-state index in [4.69, 9.17) is 9.47 Å². The Balaban J connectivity index is 4.24. The second kappa shape index (κ2) is 50.8. The lowest BCUT2D eigenvalue weighted by atomic mass is 9.92. The summed E-state index contributed by atoms with van der Waals surface area (Å²) in [6.07, 6.45) is 59.6. The molecule has 0 aromatic carbocycles. The van der Waals surface area contributed by atoms with Crippen molar-refractivity contribution in [2.75, 3.05) is 13.2 Å². The van der Waals surface area contributed by atoms with E-state index >= 15 is 0 Å². The van der Waals surface area contributed by atoms with Gasteiger partial charge in [0, 0.05) is 25.2 Å². The fourth-order valence-corrected chi connectivity index (χ4v) is 8.18. The molecule has 0 spiro atoms. The number of allylic oxidation sites excluding steroid dienone is 6. The minimum Gasteiger partial charge on any atom is -0.462 e. The van der Waals surface area contributed by atoms with Gasteiger partial charge in [0.2, 0.25) is 0 Å². The number of hydrogen-bond donors (Lipinski definition) is 1. The topological polar surface area (TPSA) is 89.9 Å². The Morgan fingerprint density at radius 1 is 0.413 bits per heavy atom. The van der Waals surface area contributed by atoms with Crippen LogP contribution in [0.2, 0.25) is 0 Å². The molecule has 0 saturated heterocycles. The monoisotopic (exact) mass is 885 g/mol. The third kappa shape index (κ3) is 46.1. The second-order valence-corrected chi connectivity index (χ2v) is 18.7. The molecule has 0 saturated carbocycles. The molecule has 1 N–H and O–H groups in total. The molecule has 0 bridgehead atoms. The quantitative estimate of drug-likeness (QED) is 0.0372. The van der Waals surface area contributed by atoms with Crippen LogP contribution < -0.4 is 0 Å². The van der Waals surface area contributed by atoms with Gasteiger partial charge in [0.15, 0.2) is 6.10 Å². The standard InChI is InChI=1S/C57H104O6/c1-4-7-10-13-16-19-21-23-25-27-29-31-34-37-43-48-55(59)53(46-41-36-33-18-15-12-9-6-3)47-42-39-40-44-49-56(60)62-52-54(51-58)63-57(61)50-45-38-35-32-30-28-26-24-22-20-17-14-11-8-5-2/h23-26,41,46,53-54,58H,4-22,27-40,42-45,47-52H2,1-3H3. The first-order valence-corrected chi connectivity index (χ1v) is 27.4. The molecule has 0 amide bonds. The molecular formula is C57H104O6. The maximum Gasteiger partial charge on any atom is 0.306 e. The van der Waals surface area contributed by atoms with Crippen LogP contribution >= 0.6 is 0 Å². The van der Waals surface area contributed by atoms with E-state index < -0.39 is 6.10 Å². The maximum absolute atomic E-state index is 13.3. The van der Waals surface area contributed by atoms with Gasteiger partial charge in [-0.25, -0.2) is 0 Å². The van der Waals surface area contributed by atoms with Gasteiger partial charge < -0.3 is 14.6 Å². The molecule has 0 aliphatic rings. The number of esters is 2. The first kappa shape index (κ1) is 60.8. The Bertz CT molecular complexity index is 1080. The SMILES string of the molecule is CCCCCCCCC=CCCCCCCCC(=O)OC(CO)COC(=O)CCCCCCC(C=CCCCCCCCC)C(=O)CCCCCCCC=CCCCCCCCC. The highest BCUT2D eigenvalue weighted by molar-refractivity contribution is 5.82. The third-order valence-electron chi connectivity index (χ3n) is 12.4. The van der Waals surface area contributed by atoms with Crippen molar-refractivity contribution in [1.82, 2.24) is 0 Å². The van der Waals surface area contributed by atoms with Crippen molar-refractivity contribution in [1.29, 1.82) is 0 Å². The first-order valence-electron chi connectivity index (χ1n) is 27.4. The lowest BCUT2D eigenvalue weighted by Gasteiger charge is -2.16. The van der Waals surface area contributed by atoms with E-state index in [1.54, 1.807) is 0 Å². The summed E-state index contributed by atoms with van der Waals surface area (Å²) in [6, 6.07) is 0. The number of rotatable bonds is 50. The number of carbonyl (C=O) groups is 3. The molecule has 6 nitrogen and oxygen atoms in total. The number of unbranched alkanes of at least 4 members (excludes halogenated alkanes) is 31. The van der Waals surface area contributed by atoms with E-state index in [0.717, 1.165) is 77.0 Å².